The van der Waals surface area contributed by atoms with Crippen LogP contribution in [0.2, 0.25) is 0 Å². The zero-order valence-corrected chi connectivity index (χ0v) is 21.4. The van der Waals surface area contributed by atoms with Crippen LogP contribution < -0.4 is 0 Å². The molecule has 2 atom stereocenters. The molecule has 0 fully saturated rings. The summed E-state index contributed by atoms with van der Waals surface area (Å²) in [6.07, 6.45) is 2.58. The van der Waals surface area contributed by atoms with E-state index in [1.807, 2.05) is 48.2 Å². The zero-order chi connectivity index (χ0) is 24.2. The van der Waals surface area contributed by atoms with E-state index in [0.29, 0.717) is 12.1 Å². The Labute approximate surface area is 207 Å². The van der Waals surface area contributed by atoms with E-state index in [1.165, 1.54) is 21.6 Å². The molecule has 0 aliphatic carbocycles. The van der Waals surface area contributed by atoms with E-state index < -0.39 is 0 Å². The summed E-state index contributed by atoms with van der Waals surface area (Å²) in [5, 5.41) is 2.12. The first-order chi connectivity index (χ1) is 16.4. The van der Waals surface area contributed by atoms with Gasteiger partial charge in [0, 0.05) is 23.0 Å². The Morgan fingerprint density at radius 2 is 1.79 bits per heavy atom. The quantitative estimate of drug-likeness (QED) is 0.419. The lowest BCUT2D eigenvalue weighted by atomic mass is 9.90. The summed E-state index contributed by atoms with van der Waals surface area (Å²) in [6, 6.07) is 18.1. The van der Waals surface area contributed by atoms with Crippen molar-refractivity contribution in [2.75, 3.05) is 13.1 Å². The summed E-state index contributed by atoms with van der Waals surface area (Å²) in [6.45, 7) is 9.04. The van der Waals surface area contributed by atoms with Gasteiger partial charge in [-0.1, -0.05) is 50.2 Å². The third-order valence-electron chi connectivity index (χ3n) is 7.07. The summed E-state index contributed by atoms with van der Waals surface area (Å²) in [4.78, 5) is 32.4. The maximum Gasteiger partial charge on any atom is 0.254 e. The average Bonchev–Trinajstić information content (AvgIpc) is 3.35. The van der Waals surface area contributed by atoms with Crippen molar-refractivity contribution in [2.24, 2.45) is 0 Å². The number of carbonyl (C=O) groups is 2. The Bertz CT molecular complexity index is 1150. The first-order valence-corrected chi connectivity index (χ1v) is 13.1. The summed E-state index contributed by atoms with van der Waals surface area (Å²) in [7, 11) is 0. The normalized spacial score (nSPS) is 16.1. The number of carbonyl (C=O) groups excluding carboxylic acids is 2. The van der Waals surface area contributed by atoms with Crippen molar-refractivity contribution in [3.05, 3.63) is 92.7 Å². The number of fused-ring (bicyclic) bond motifs is 1. The van der Waals surface area contributed by atoms with Crippen molar-refractivity contribution >= 4 is 23.2 Å². The molecule has 2 unspecified atom stereocenters. The fraction of sp³-hybridized carbons (Fsp3) is 0.379. The minimum atomic E-state index is -0.110. The van der Waals surface area contributed by atoms with Crippen LogP contribution in [0.5, 0.6) is 0 Å². The minimum absolute atomic E-state index is 0.00364. The van der Waals surface area contributed by atoms with E-state index in [1.54, 1.807) is 16.2 Å². The number of rotatable bonds is 7. The predicted molar refractivity (Wildman–Crippen MR) is 139 cm³/mol. The van der Waals surface area contributed by atoms with Gasteiger partial charge >= 0.3 is 0 Å². The number of benzene rings is 2. The van der Waals surface area contributed by atoms with Crippen LogP contribution in [0.4, 0.5) is 0 Å². The van der Waals surface area contributed by atoms with E-state index in [9.17, 15) is 9.59 Å². The molecule has 178 valence electrons. The molecular weight excluding hydrogens is 440 g/mol. The molecular formula is C29H34N2O2S. The molecule has 34 heavy (non-hydrogen) atoms. The highest BCUT2D eigenvalue weighted by atomic mass is 32.1. The molecule has 2 aromatic carbocycles. The van der Waals surface area contributed by atoms with Gasteiger partial charge in [0.1, 0.15) is 6.54 Å². The molecule has 2 heterocycles. The molecule has 5 heteroatoms. The van der Waals surface area contributed by atoms with Gasteiger partial charge in [0.05, 0.1) is 6.04 Å². The van der Waals surface area contributed by atoms with Crippen LogP contribution in [0.25, 0.3) is 0 Å². The summed E-state index contributed by atoms with van der Waals surface area (Å²) in [5.41, 5.74) is 5.39. The van der Waals surface area contributed by atoms with Crippen molar-refractivity contribution in [1.82, 2.24) is 9.80 Å². The number of nitrogens with zero attached hydrogens (tertiary/aromatic N) is 2. The largest absolute Gasteiger partial charge is 0.330 e. The molecule has 1 aliphatic heterocycles. The maximum atomic E-state index is 13.8. The highest BCUT2D eigenvalue weighted by Gasteiger charge is 2.35. The Hall–Kier alpha value is -2.92. The molecule has 0 saturated carbocycles. The number of amides is 2. The van der Waals surface area contributed by atoms with Gasteiger partial charge in [0.2, 0.25) is 5.91 Å². The van der Waals surface area contributed by atoms with Gasteiger partial charge in [-0.15, -0.1) is 11.3 Å². The van der Waals surface area contributed by atoms with Crippen LogP contribution in [0.15, 0.2) is 60.0 Å². The molecule has 3 aromatic rings. The first kappa shape index (κ1) is 24.2. The molecule has 4 nitrogen and oxygen atoms in total. The lowest BCUT2D eigenvalue weighted by Gasteiger charge is -2.39. The van der Waals surface area contributed by atoms with Gasteiger partial charge in [-0.2, -0.15) is 0 Å². The van der Waals surface area contributed by atoms with Crippen LogP contribution in [0, 0.1) is 6.92 Å². The standard InChI is InChI=1S/C29H34N2O2S/c1-5-21(4)31(29(33)23-13-11-22(6-2)12-14-23)19-27(32)30-17-15-26-25(16-18-34-26)28(30)24-10-8-7-9-20(24)3/h7-14,16,18,21,28H,5-6,15,17,19H2,1-4H3. The topological polar surface area (TPSA) is 40.6 Å². The Balaban J connectivity index is 1.63. The summed E-state index contributed by atoms with van der Waals surface area (Å²) >= 11 is 1.77. The molecule has 0 saturated heterocycles. The van der Waals surface area contributed by atoms with Crippen molar-refractivity contribution < 1.29 is 9.59 Å². The molecule has 1 aliphatic rings. The second kappa shape index (κ2) is 10.6. The molecule has 0 radical (unpaired) electrons. The summed E-state index contributed by atoms with van der Waals surface area (Å²) in [5.74, 6) is -0.0741. The van der Waals surface area contributed by atoms with Gasteiger partial charge in [-0.05, 0) is 78.9 Å². The van der Waals surface area contributed by atoms with Gasteiger partial charge in [-0.3, -0.25) is 9.59 Å². The average molecular weight is 475 g/mol. The summed E-state index contributed by atoms with van der Waals surface area (Å²) < 4.78 is 0. The number of hydrogen-bond acceptors (Lipinski definition) is 3. The minimum Gasteiger partial charge on any atom is -0.330 e. The molecule has 1 aromatic heterocycles. The van der Waals surface area contributed by atoms with Crippen molar-refractivity contribution in [1.29, 1.82) is 0 Å². The molecule has 2 amide bonds. The monoisotopic (exact) mass is 474 g/mol. The van der Waals surface area contributed by atoms with Crippen molar-refractivity contribution in [3.63, 3.8) is 0 Å². The molecule has 0 bridgehead atoms. The second-order valence-corrected chi connectivity index (χ2v) is 10.1. The third-order valence-corrected chi connectivity index (χ3v) is 8.06. The Morgan fingerprint density at radius 1 is 1.06 bits per heavy atom. The van der Waals surface area contributed by atoms with E-state index in [-0.39, 0.29) is 30.4 Å². The lowest BCUT2D eigenvalue weighted by molar-refractivity contribution is -0.134. The second-order valence-electron chi connectivity index (χ2n) is 9.14. The number of thiophene rings is 1. The van der Waals surface area contributed by atoms with Crippen molar-refractivity contribution in [3.8, 4) is 0 Å². The van der Waals surface area contributed by atoms with Gasteiger partial charge in [0.25, 0.3) is 5.91 Å². The number of hydrogen-bond donors (Lipinski definition) is 0. The van der Waals surface area contributed by atoms with Gasteiger partial charge < -0.3 is 9.80 Å². The van der Waals surface area contributed by atoms with Crippen LogP contribution >= 0.6 is 11.3 Å². The van der Waals surface area contributed by atoms with E-state index >= 15 is 0 Å². The van der Waals surface area contributed by atoms with Crippen LogP contribution in [-0.2, 0) is 17.6 Å². The predicted octanol–water partition coefficient (Wildman–Crippen LogP) is 6.03. The number of aryl methyl sites for hydroxylation is 2. The van der Waals surface area contributed by atoms with Gasteiger partial charge in [0.15, 0.2) is 0 Å². The lowest BCUT2D eigenvalue weighted by Crippen LogP contribution is -2.49. The maximum absolute atomic E-state index is 13.8. The fourth-order valence-electron chi connectivity index (χ4n) is 4.75. The highest BCUT2D eigenvalue weighted by Crippen LogP contribution is 2.39. The van der Waals surface area contributed by atoms with Crippen LogP contribution in [0.3, 0.4) is 0 Å². The Kier molecular flexibility index (Phi) is 7.52. The molecule has 4 rings (SSSR count). The highest BCUT2D eigenvalue weighted by molar-refractivity contribution is 7.10. The van der Waals surface area contributed by atoms with Gasteiger partial charge in [-0.25, -0.2) is 0 Å². The smallest absolute Gasteiger partial charge is 0.254 e. The van der Waals surface area contributed by atoms with Crippen LogP contribution in [0.1, 0.15) is 70.7 Å². The zero-order valence-electron chi connectivity index (χ0n) is 20.6. The first-order valence-electron chi connectivity index (χ1n) is 12.3. The van der Waals surface area contributed by atoms with E-state index in [4.69, 9.17) is 0 Å². The van der Waals surface area contributed by atoms with Crippen molar-refractivity contribution in [2.45, 2.75) is 59.0 Å². The van der Waals surface area contributed by atoms with Crippen LogP contribution in [-0.4, -0.2) is 40.7 Å². The molecule has 0 spiro atoms. The Morgan fingerprint density at radius 3 is 2.47 bits per heavy atom. The van der Waals surface area contributed by atoms with E-state index in [2.05, 4.69) is 44.4 Å². The fourth-order valence-corrected chi connectivity index (χ4v) is 5.65. The van der Waals surface area contributed by atoms with E-state index in [0.717, 1.165) is 24.8 Å². The molecule has 0 N–H and O–H groups in total. The SMILES string of the molecule is CCc1ccc(C(=O)N(CC(=O)N2CCc3sccc3C2c2ccccc2C)C(C)CC)cc1. The third kappa shape index (κ3) is 4.80.